The zero-order valence-corrected chi connectivity index (χ0v) is 13.3. The van der Waals surface area contributed by atoms with Gasteiger partial charge in [0.05, 0.1) is 17.6 Å². The Bertz CT molecular complexity index is 972. The molecule has 0 radical (unpaired) electrons. The van der Waals surface area contributed by atoms with Crippen molar-refractivity contribution in [3.8, 4) is 17.3 Å². The van der Waals surface area contributed by atoms with Crippen LogP contribution in [0.3, 0.4) is 0 Å². The molecule has 0 aliphatic rings. The molecule has 0 aliphatic heterocycles. The van der Waals surface area contributed by atoms with E-state index < -0.39 is 0 Å². The summed E-state index contributed by atoms with van der Waals surface area (Å²) in [6.07, 6.45) is 1.36. The summed E-state index contributed by atoms with van der Waals surface area (Å²) in [6, 6.07) is 4.16. The van der Waals surface area contributed by atoms with Crippen molar-refractivity contribution < 1.29 is 14.8 Å². The number of nitrogens with zero attached hydrogens (tertiary/aromatic N) is 7. The minimum absolute atomic E-state index is 0.0387. The highest BCUT2D eigenvalue weighted by atomic mass is 16.6. The number of nitrogen functional groups attached to an aromatic ring is 1. The summed E-state index contributed by atoms with van der Waals surface area (Å²) < 4.78 is 5.93. The summed E-state index contributed by atoms with van der Waals surface area (Å²) in [6.45, 7) is 3.47. The van der Waals surface area contributed by atoms with Crippen LogP contribution < -0.4 is 5.73 Å². The van der Waals surface area contributed by atoms with Crippen molar-refractivity contribution >= 4 is 17.7 Å². The number of phenolic OH excluding ortho intramolecular Hbond substituents is 2. The first-order valence-corrected chi connectivity index (χ1v) is 7.08. The predicted molar refractivity (Wildman–Crippen MR) is 87.9 cm³/mol. The van der Waals surface area contributed by atoms with E-state index in [0.29, 0.717) is 22.7 Å². The average molecular weight is 342 g/mol. The number of nitrogens with two attached hydrogens (primary N) is 1. The van der Waals surface area contributed by atoms with Gasteiger partial charge in [0.1, 0.15) is 17.2 Å². The third-order valence-corrected chi connectivity index (χ3v) is 3.35. The Morgan fingerprint density at radius 1 is 1.32 bits per heavy atom. The first-order valence-electron chi connectivity index (χ1n) is 7.08. The normalized spacial score (nSPS) is 12.2. The van der Waals surface area contributed by atoms with E-state index in [1.165, 1.54) is 29.1 Å². The molecule has 0 saturated heterocycles. The van der Waals surface area contributed by atoms with E-state index in [9.17, 15) is 10.2 Å². The molecule has 0 unspecified atom stereocenters. The molecule has 1 aromatic carbocycles. The van der Waals surface area contributed by atoms with E-state index in [-0.39, 0.29) is 23.1 Å². The number of phenols is 2. The maximum atomic E-state index is 9.69. The van der Waals surface area contributed by atoms with Crippen molar-refractivity contribution in [1.82, 2.24) is 25.3 Å². The second-order valence-electron chi connectivity index (χ2n) is 5.08. The topological polar surface area (TPSA) is 161 Å². The molecule has 4 N–H and O–H groups in total. The Morgan fingerprint density at radius 2 is 2.12 bits per heavy atom. The molecule has 0 spiro atoms. The number of hydrogen-bond acceptors (Lipinski definition) is 10. The highest BCUT2D eigenvalue weighted by Gasteiger charge is 2.17. The Kier molecular flexibility index (Phi) is 4.12. The smallest absolute Gasteiger partial charge is 0.243 e. The molecule has 2 heterocycles. The molecule has 25 heavy (non-hydrogen) atoms. The standard InChI is InChI=1S/C14H14N8O3/c1-7(17-16-6-9-3-4-10(23)5-11(9)24)12-8(2)22(21-18-12)14-13(15)19-25-20-14/h3-6,23-24H,1-2H3,(H2,15,19)/b16-6-,17-7-. The van der Waals surface area contributed by atoms with Crippen molar-refractivity contribution in [3.63, 3.8) is 0 Å². The molecular weight excluding hydrogens is 328 g/mol. The average Bonchev–Trinajstić information content (AvgIpc) is 3.15. The molecular formula is C14H14N8O3. The van der Waals surface area contributed by atoms with Crippen LogP contribution in [0, 0.1) is 6.92 Å². The summed E-state index contributed by atoms with van der Waals surface area (Å²) in [5.74, 6) is 0.187. The Morgan fingerprint density at radius 3 is 2.80 bits per heavy atom. The molecule has 11 nitrogen and oxygen atoms in total. The first kappa shape index (κ1) is 16.1. The van der Waals surface area contributed by atoms with Crippen LogP contribution in [0.5, 0.6) is 11.5 Å². The molecule has 0 amide bonds. The fourth-order valence-corrected chi connectivity index (χ4v) is 2.07. The zero-order valence-electron chi connectivity index (χ0n) is 13.3. The SMILES string of the molecule is C/C(=N/N=C\c1ccc(O)cc1O)c1nnn(-c2nonc2N)c1C. The molecule has 0 fully saturated rings. The van der Waals surface area contributed by atoms with Gasteiger partial charge in [0.2, 0.25) is 11.6 Å². The Hall–Kier alpha value is -3.76. The lowest BCUT2D eigenvalue weighted by molar-refractivity contribution is 0.306. The second-order valence-corrected chi connectivity index (χ2v) is 5.08. The number of benzene rings is 1. The summed E-state index contributed by atoms with van der Waals surface area (Å²) in [5, 5.41) is 42.0. The maximum Gasteiger partial charge on any atom is 0.243 e. The minimum atomic E-state index is -0.104. The maximum absolute atomic E-state index is 9.69. The molecule has 2 aromatic heterocycles. The van der Waals surface area contributed by atoms with Crippen molar-refractivity contribution in [2.24, 2.45) is 10.2 Å². The number of anilines is 1. The van der Waals surface area contributed by atoms with E-state index >= 15 is 0 Å². The van der Waals surface area contributed by atoms with Gasteiger partial charge in [-0.05, 0) is 36.3 Å². The fourth-order valence-electron chi connectivity index (χ4n) is 2.07. The second kappa shape index (κ2) is 6.39. The van der Waals surface area contributed by atoms with Gasteiger partial charge in [0.25, 0.3) is 0 Å². The van der Waals surface area contributed by atoms with Gasteiger partial charge in [-0.2, -0.15) is 14.9 Å². The lowest BCUT2D eigenvalue weighted by Gasteiger charge is -1.99. The van der Waals surface area contributed by atoms with Gasteiger partial charge in [-0.15, -0.1) is 5.10 Å². The number of hydrogen-bond donors (Lipinski definition) is 3. The summed E-state index contributed by atoms with van der Waals surface area (Å²) in [4.78, 5) is 0. The molecule has 128 valence electrons. The van der Waals surface area contributed by atoms with Crippen LogP contribution in [-0.2, 0) is 0 Å². The highest BCUT2D eigenvalue weighted by molar-refractivity contribution is 5.98. The predicted octanol–water partition coefficient (Wildman–Crippen LogP) is 0.795. The molecule has 0 aliphatic carbocycles. The van der Waals surface area contributed by atoms with Gasteiger partial charge in [0, 0.05) is 11.6 Å². The zero-order chi connectivity index (χ0) is 18.0. The van der Waals surface area contributed by atoms with Crippen molar-refractivity contribution in [1.29, 1.82) is 0 Å². The van der Waals surface area contributed by atoms with Crippen LogP contribution in [-0.4, -0.2) is 47.4 Å². The number of rotatable bonds is 4. The molecule has 0 bridgehead atoms. The van der Waals surface area contributed by atoms with E-state index in [4.69, 9.17) is 5.73 Å². The van der Waals surface area contributed by atoms with Crippen LogP contribution in [0.2, 0.25) is 0 Å². The largest absolute Gasteiger partial charge is 0.508 e. The molecule has 0 atom stereocenters. The van der Waals surface area contributed by atoms with E-state index in [1.807, 2.05) is 0 Å². The van der Waals surface area contributed by atoms with Gasteiger partial charge in [0.15, 0.2) is 0 Å². The number of aromatic hydroxyl groups is 2. The minimum Gasteiger partial charge on any atom is -0.508 e. The van der Waals surface area contributed by atoms with Crippen molar-refractivity contribution in [2.45, 2.75) is 13.8 Å². The van der Waals surface area contributed by atoms with E-state index in [0.717, 1.165) is 0 Å². The fraction of sp³-hybridized carbons (Fsp3) is 0.143. The van der Waals surface area contributed by atoms with Crippen LogP contribution in [0.4, 0.5) is 5.82 Å². The molecule has 3 rings (SSSR count). The van der Waals surface area contributed by atoms with Gasteiger partial charge in [-0.1, -0.05) is 5.21 Å². The van der Waals surface area contributed by atoms with Crippen LogP contribution in [0.25, 0.3) is 5.82 Å². The molecule has 11 heteroatoms. The van der Waals surface area contributed by atoms with Crippen LogP contribution in [0.1, 0.15) is 23.9 Å². The first-order chi connectivity index (χ1) is 12.0. The van der Waals surface area contributed by atoms with E-state index in [1.54, 1.807) is 13.8 Å². The Balaban J connectivity index is 1.85. The molecule has 0 saturated carbocycles. The van der Waals surface area contributed by atoms with Crippen LogP contribution >= 0.6 is 0 Å². The van der Waals surface area contributed by atoms with Crippen molar-refractivity contribution in [2.75, 3.05) is 5.73 Å². The van der Waals surface area contributed by atoms with Crippen LogP contribution in [0.15, 0.2) is 33.0 Å². The third-order valence-electron chi connectivity index (χ3n) is 3.35. The lowest BCUT2D eigenvalue weighted by Crippen LogP contribution is -2.04. The van der Waals surface area contributed by atoms with Crippen molar-refractivity contribution in [3.05, 3.63) is 35.2 Å². The summed E-state index contributed by atoms with van der Waals surface area (Å²) >= 11 is 0. The Labute approximate surface area is 141 Å². The summed E-state index contributed by atoms with van der Waals surface area (Å²) in [5.41, 5.74) is 7.68. The van der Waals surface area contributed by atoms with Gasteiger partial charge in [-0.3, -0.25) is 0 Å². The van der Waals surface area contributed by atoms with Gasteiger partial charge in [-0.25, -0.2) is 4.63 Å². The van der Waals surface area contributed by atoms with Gasteiger partial charge < -0.3 is 15.9 Å². The monoisotopic (exact) mass is 342 g/mol. The van der Waals surface area contributed by atoms with Gasteiger partial charge >= 0.3 is 0 Å². The van der Waals surface area contributed by atoms with E-state index in [2.05, 4.69) is 35.5 Å². The lowest BCUT2D eigenvalue weighted by atomic mass is 10.2. The third kappa shape index (κ3) is 3.15. The molecule has 3 aromatic rings. The number of aromatic nitrogens is 5. The highest BCUT2D eigenvalue weighted by Crippen LogP contribution is 2.21. The quantitative estimate of drug-likeness (QED) is 0.463. The summed E-state index contributed by atoms with van der Waals surface area (Å²) in [7, 11) is 0.